The summed E-state index contributed by atoms with van der Waals surface area (Å²) < 4.78 is 6.41. The lowest BCUT2D eigenvalue weighted by molar-refractivity contribution is -0.384. The van der Waals surface area contributed by atoms with Gasteiger partial charge in [-0.2, -0.15) is 0 Å². The SMILES string of the molecule is CCN(CC)c1ccc(/C=C2\SC(=S)N(c3cccc4ccccc34)C2=O)c(OCC(=O)Nc2cccc([N+](=O)[O-])c2)c1. The maximum absolute atomic E-state index is 13.7. The number of benzene rings is 4. The summed E-state index contributed by atoms with van der Waals surface area (Å²) in [5, 5.41) is 15.6. The average molecular weight is 613 g/mol. The lowest BCUT2D eigenvalue weighted by Crippen LogP contribution is -2.27. The molecule has 9 nitrogen and oxygen atoms in total. The molecule has 218 valence electrons. The summed E-state index contributed by atoms with van der Waals surface area (Å²) in [4.78, 5) is 41.1. The lowest BCUT2D eigenvalue weighted by atomic mass is 10.1. The number of fused-ring (bicyclic) bond motifs is 1. The molecule has 0 saturated carbocycles. The number of thioether (sulfide) groups is 1. The molecular formula is C32H28N4O5S2. The first-order chi connectivity index (χ1) is 20.8. The summed E-state index contributed by atoms with van der Waals surface area (Å²) >= 11 is 6.85. The number of amides is 2. The number of hydrogen-bond acceptors (Lipinski definition) is 8. The van der Waals surface area contributed by atoms with Crippen molar-refractivity contribution in [2.24, 2.45) is 0 Å². The summed E-state index contributed by atoms with van der Waals surface area (Å²) in [5.74, 6) is -0.315. The van der Waals surface area contributed by atoms with Crippen molar-refractivity contribution in [3.63, 3.8) is 0 Å². The van der Waals surface area contributed by atoms with Crippen molar-refractivity contribution >= 4 is 79.7 Å². The van der Waals surface area contributed by atoms with Crippen LogP contribution in [0.15, 0.2) is 89.8 Å². The highest BCUT2D eigenvalue weighted by molar-refractivity contribution is 8.27. The number of nitro groups is 1. The number of anilines is 3. The first kappa shape index (κ1) is 29.7. The van der Waals surface area contributed by atoms with Gasteiger partial charge in [0.15, 0.2) is 10.9 Å². The van der Waals surface area contributed by atoms with Crippen LogP contribution >= 0.6 is 24.0 Å². The maximum atomic E-state index is 13.7. The first-order valence-corrected chi connectivity index (χ1v) is 14.8. The fraction of sp³-hybridized carbons (Fsp3) is 0.156. The van der Waals surface area contributed by atoms with E-state index in [2.05, 4.69) is 10.2 Å². The molecule has 1 aliphatic heterocycles. The predicted molar refractivity (Wildman–Crippen MR) is 177 cm³/mol. The quantitative estimate of drug-likeness (QED) is 0.0882. The average Bonchev–Trinajstić information content (AvgIpc) is 3.29. The minimum atomic E-state index is -0.528. The molecule has 1 aliphatic rings. The molecule has 2 amide bonds. The van der Waals surface area contributed by atoms with Gasteiger partial charge in [-0.3, -0.25) is 24.6 Å². The van der Waals surface area contributed by atoms with Crippen LogP contribution in [0.3, 0.4) is 0 Å². The highest BCUT2D eigenvalue weighted by Crippen LogP contribution is 2.40. The molecule has 1 saturated heterocycles. The van der Waals surface area contributed by atoms with Gasteiger partial charge in [-0.1, -0.05) is 66.4 Å². The van der Waals surface area contributed by atoms with E-state index in [-0.39, 0.29) is 23.9 Å². The monoisotopic (exact) mass is 612 g/mol. The third-order valence-corrected chi connectivity index (χ3v) is 8.22. The number of nitrogens with zero attached hydrogens (tertiary/aromatic N) is 3. The Bertz CT molecular complexity index is 1760. The molecule has 0 aromatic heterocycles. The van der Waals surface area contributed by atoms with Gasteiger partial charge in [0.1, 0.15) is 5.75 Å². The van der Waals surface area contributed by atoms with E-state index in [4.69, 9.17) is 17.0 Å². The van der Waals surface area contributed by atoms with Crippen LogP contribution in [-0.4, -0.2) is 40.8 Å². The first-order valence-electron chi connectivity index (χ1n) is 13.6. The number of carbonyl (C=O) groups is 2. The Balaban J connectivity index is 1.42. The third-order valence-electron chi connectivity index (χ3n) is 6.91. The van der Waals surface area contributed by atoms with Crippen molar-refractivity contribution in [1.29, 1.82) is 0 Å². The molecule has 0 unspecified atom stereocenters. The van der Waals surface area contributed by atoms with Gasteiger partial charge in [0.05, 0.1) is 15.5 Å². The Morgan fingerprint density at radius 1 is 1.05 bits per heavy atom. The molecule has 0 radical (unpaired) electrons. The molecule has 1 N–H and O–H groups in total. The van der Waals surface area contributed by atoms with E-state index in [9.17, 15) is 19.7 Å². The van der Waals surface area contributed by atoms with Gasteiger partial charge < -0.3 is 15.0 Å². The summed E-state index contributed by atoms with van der Waals surface area (Å²) in [6.07, 6.45) is 1.73. The molecular weight excluding hydrogens is 585 g/mol. The van der Waals surface area contributed by atoms with Gasteiger partial charge in [-0.25, -0.2) is 0 Å². The predicted octanol–water partition coefficient (Wildman–Crippen LogP) is 7.02. The van der Waals surface area contributed by atoms with Crippen LogP contribution in [0.4, 0.5) is 22.7 Å². The number of carbonyl (C=O) groups excluding carboxylic acids is 2. The van der Waals surface area contributed by atoms with E-state index in [1.54, 1.807) is 17.0 Å². The molecule has 11 heteroatoms. The Kier molecular flexibility index (Phi) is 9.03. The number of thiocarbonyl (C=S) groups is 1. The Hall–Kier alpha value is -4.74. The Morgan fingerprint density at radius 3 is 2.56 bits per heavy atom. The molecule has 4 aromatic carbocycles. The van der Waals surface area contributed by atoms with Crippen molar-refractivity contribution in [3.05, 3.63) is 106 Å². The minimum Gasteiger partial charge on any atom is -0.483 e. The van der Waals surface area contributed by atoms with E-state index >= 15 is 0 Å². The van der Waals surface area contributed by atoms with Crippen LogP contribution in [-0.2, 0) is 9.59 Å². The lowest BCUT2D eigenvalue weighted by Gasteiger charge is -2.22. The fourth-order valence-corrected chi connectivity index (χ4v) is 6.09. The van der Waals surface area contributed by atoms with Crippen LogP contribution in [0.2, 0.25) is 0 Å². The number of rotatable bonds is 10. The smallest absolute Gasteiger partial charge is 0.271 e. The second-order valence-corrected chi connectivity index (χ2v) is 11.2. The van der Waals surface area contributed by atoms with Gasteiger partial charge in [-0.05, 0) is 49.6 Å². The fourth-order valence-electron chi connectivity index (χ4n) is 4.81. The second-order valence-electron chi connectivity index (χ2n) is 9.55. The summed E-state index contributed by atoms with van der Waals surface area (Å²) in [5.41, 5.74) is 2.39. The minimum absolute atomic E-state index is 0.131. The molecule has 0 aliphatic carbocycles. The van der Waals surface area contributed by atoms with Crippen molar-refractivity contribution in [3.8, 4) is 5.75 Å². The molecule has 43 heavy (non-hydrogen) atoms. The Labute approximate surface area is 258 Å². The number of hydrogen-bond donors (Lipinski definition) is 1. The second kappa shape index (κ2) is 13.1. The van der Waals surface area contributed by atoms with Crippen molar-refractivity contribution in [2.75, 3.05) is 34.8 Å². The zero-order valence-corrected chi connectivity index (χ0v) is 25.1. The van der Waals surface area contributed by atoms with Crippen LogP contribution in [0.5, 0.6) is 5.75 Å². The van der Waals surface area contributed by atoms with Crippen molar-refractivity contribution in [1.82, 2.24) is 0 Å². The van der Waals surface area contributed by atoms with E-state index in [1.165, 1.54) is 30.0 Å². The van der Waals surface area contributed by atoms with E-state index in [1.807, 2.05) is 74.5 Å². The van der Waals surface area contributed by atoms with Crippen LogP contribution in [0.1, 0.15) is 19.4 Å². The number of nitrogens with one attached hydrogen (secondary N) is 1. The van der Waals surface area contributed by atoms with Gasteiger partial charge >= 0.3 is 0 Å². The summed E-state index contributed by atoms with van der Waals surface area (Å²) in [6, 6.07) is 24.9. The van der Waals surface area contributed by atoms with E-state index in [0.29, 0.717) is 20.5 Å². The van der Waals surface area contributed by atoms with E-state index in [0.717, 1.165) is 35.2 Å². The van der Waals surface area contributed by atoms with Crippen LogP contribution in [0.25, 0.3) is 16.8 Å². The molecule has 1 heterocycles. The molecule has 1 fully saturated rings. The van der Waals surface area contributed by atoms with Crippen molar-refractivity contribution < 1.29 is 19.2 Å². The largest absolute Gasteiger partial charge is 0.483 e. The molecule has 0 spiro atoms. The van der Waals surface area contributed by atoms with Gasteiger partial charge in [0, 0.05) is 53.6 Å². The number of ether oxygens (including phenoxy) is 1. The van der Waals surface area contributed by atoms with Crippen LogP contribution in [0, 0.1) is 10.1 Å². The van der Waals surface area contributed by atoms with E-state index < -0.39 is 10.8 Å². The highest BCUT2D eigenvalue weighted by Gasteiger charge is 2.34. The standard InChI is InChI=1S/C32H28N4O5S2/c1-3-34(4-2)24-16-15-22(28(19-24)41-20-30(37)33-23-11-8-12-25(18-23)36(39)40)17-29-31(38)35(32(42)43-29)27-14-7-10-21-9-5-6-13-26(21)27/h5-19H,3-4,20H2,1-2H3,(H,33,37)/b29-17-. The number of non-ortho nitro benzene ring substituents is 1. The van der Waals surface area contributed by atoms with Crippen molar-refractivity contribution in [2.45, 2.75) is 13.8 Å². The zero-order valence-electron chi connectivity index (χ0n) is 23.5. The Morgan fingerprint density at radius 2 is 1.79 bits per heavy atom. The maximum Gasteiger partial charge on any atom is 0.271 e. The topological polar surface area (TPSA) is 105 Å². The van der Waals surface area contributed by atoms with Gasteiger partial charge in [0.25, 0.3) is 17.5 Å². The van der Waals surface area contributed by atoms with Crippen LogP contribution < -0.4 is 19.9 Å². The highest BCUT2D eigenvalue weighted by atomic mass is 32.2. The summed E-state index contributed by atoms with van der Waals surface area (Å²) in [7, 11) is 0. The summed E-state index contributed by atoms with van der Waals surface area (Å²) in [6.45, 7) is 5.28. The zero-order chi connectivity index (χ0) is 30.5. The number of nitro benzene ring substituents is 1. The molecule has 4 aromatic rings. The van der Waals surface area contributed by atoms with Gasteiger partial charge in [0.2, 0.25) is 0 Å². The normalized spacial score (nSPS) is 13.9. The van der Waals surface area contributed by atoms with Gasteiger partial charge in [-0.15, -0.1) is 0 Å². The molecule has 0 atom stereocenters. The molecule has 0 bridgehead atoms. The molecule has 5 rings (SSSR count). The third kappa shape index (κ3) is 6.52.